The molecule has 1 fully saturated rings. The SMILES string of the molecule is Cc1cc(C)c(CC2(CO)CCNC2)c(C)c1. The van der Waals surface area contributed by atoms with Gasteiger partial charge in [-0.15, -0.1) is 0 Å². The van der Waals surface area contributed by atoms with Crippen LogP contribution in [0.15, 0.2) is 12.1 Å². The molecule has 0 spiro atoms. The fourth-order valence-electron chi connectivity index (χ4n) is 3.00. The van der Waals surface area contributed by atoms with Crippen molar-refractivity contribution < 1.29 is 5.11 Å². The number of benzene rings is 1. The topological polar surface area (TPSA) is 32.3 Å². The molecule has 1 heterocycles. The zero-order valence-electron chi connectivity index (χ0n) is 11.1. The maximum atomic E-state index is 9.67. The summed E-state index contributed by atoms with van der Waals surface area (Å²) in [6.45, 7) is 8.77. The summed E-state index contributed by atoms with van der Waals surface area (Å²) >= 11 is 0. The molecule has 1 aromatic carbocycles. The van der Waals surface area contributed by atoms with Crippen molar-refractivity contribution in [1.29, 1.82) is 0 Å². The van der Waals surface area contributed by atoms with E-state index in [-0.39, 0.29) is 12.0 Å². The van der Waals surface area contributed by atoms with Crippen LogP contribution in [0.4, 0.5) is 0 Å². The van der Waals surface area contributed by atoms with Crippen LogP contribution >= 0.6 is 0 Å². The minimum absolute atomic E-state index is 0.0603. The standard InChI is InChI=1S/C15H23NO/c1-11-6-12(2)14(13(3)7-11)8-15(10-17)4-5-16-9-15/h6-7,16-17H,4-5,8-10H2,1-3H3. The van der Waals surface area contributed by atoms with Crippen LogP contribution in [0.3, 0.4) is 0 Å². The summed E-state index contributed by atoms with van der Waals surface area (Å²) in [6, 6.07) is 4.49. The van der Waals surface area contributed by atoms with Gasteiger partial charge in [-0.25, -0.2) is 0 Å². The molecule has 1 saturated heterocycles. The second kappa shape index (κ2) is 4.79. The van der Waals surface area contributed by atoms with Crippen LogP contribution in [0, 0.1) is 26.2 Å². The van der Waals surface area contributed by atoms with Gasteiger partial charge in [-0.05, 0) is 56.8 Å². The molecule has 1 aliphatic rings. The highest BCUT2D eigenvalue weighted by atomic mass is 16.3. The number of rotatable bonds is 3. The van der Waals surface area contributed by atoms with Gasteiger partial charge in [-0.3, -0.25) is 0 Å². The molecule has 0 radical (unpaired) electrons. The molecule has 17 heavy (non-hydrogen) atoms. The molecule has 1 aliphatic heterocycles. The Labute approximate surface area is 104 Å². The van der Waals surface area contributed by atoms with E-state index in [1.807, 2.05) is 0 Å². The first-order valence-corrected chi connectivity index (χ1v) is 6.45. The molecule has 0 saturated carbocycles. The number of aliphatic hydroxyl groups is 1. The monoisotopic (exact) mass is 233 g/mol. The number of aliphatic hydroxyl groups excluding tert-OH is 1. The molecule has 0 amide bonds. The van der Waals surface area contributed by atoms with Crippen molar-refractivity contribution in [3.63, 3.8) is 0 Å². The van der Waals surface area contributed by atoms with E-state index < -0.39 is 0 Å². The van der Waals surface area contributed by atoms with Crippen molar-refractivity contribution in [2.24, 2.45) is 5.41 Å². The van der Waals surface area contributed by atoms with Gasteiger partial charge in [-0.2, -0.15) is 0 Å². The maximum absolute atomic E-state index is 9.67. The normalized spacial score (nSPS) is 24.2. The summed E-state index contributed by atoms with van der Waals surface area (Å²) in [4.78, 5) is 0. The first-order chi connectivity index (χ1) is 8.06. The zero-order chi connectivity index (χ0) is 12.5. The van der Waals surface area contributed by atoms with E-state index in [2.05, 4.69) is 38.2 Å². The van der Waals surface area contributed by atoms with Gasteiger partial charge in [0.05, 0.1) is 6.61 Å². The molecular formula is C15H23NO. The highest BCUT2D eigenvalue weighted by Gasteiger charge is 2.34. The van der Waals surface area contributed by atoms with Gasteiger partial charge in [0.25, 0.3) is 0 Å². The molecule has 1 aromatic rings. The molecule has 2 rings (SSSR count). The van der Waals surface area contributed by atoms with Crippen LogP contribution in [-0.4, -0.2) is 24.8 Å². The minimum atomic E-state index is 0.0603. The quantitative estimate of drug-likeness (QED) is 0.838. The molecule has 2 N–H and O–H groups in total. The third-order valence-electron chi connectivity index (χ3n) is 4.06. The molecule has 0 aliphatic carbocycles. The number of nitrogens with one attached hydrogen (secondary N) is 1. The number of hydrogen-bond donors (Lipinski definition) is 2. The first-order valence-electron chi connectivity index (χ1n) is 6.45. The lowest BCUT2D eigenvalue weighted by Crippen LogP contribution is -2.31. The Morgan fingerprint density at radius 3 is 2.35 bits per heavy atom. The molecule has 0 aromatic heterocycles. The van der Waals surface area contributed by atoms with Crippen molar-refractivity contribution in [3.8, 4) is 0 Å². The fraction of sp³-hybridized carbons (Fsp3) is 0.600. The average molecular weight is 233 g/mol. The van der Waals surface area contributed by atoms with E-state index in [0.717, 1.165) is 25.9 Å². The predicted octanol–water partition coefficient (Wildman–Crippen LogP) is 2.13. The highest BCUT2D eigenvalue weighted by molar-refractivity contribution is 5.38. The van der Waals surface area contributed by atoms with Crippen LogP contribution in [0.25, 0.3) is 0 Å². The molecule has 94 valence electrons. The summed E-state index contributed by atoms with van der Waals surface area (Å²) in [5.41, 5.74) is 5.54. The van der Waals surface area contributed by atoms with Gasteiger partial charge in [0.1, 0.15) is 0 Å². The van der Waals surface area contributed by atoms with Gasteiger partial charge >= 0.3 is 0 Å². The van der Waals surface area contributed by atoms with E-state index >= 15 is 0 Å². The van der Waals surface area contributed by atoms with Crippen molar-refractivity contribution in [3.05, 3.63) is 34.4 Å². The van der Waals surface area contributed by atoms with Gasteiger partial charge < -0.3 is 10.4 Å². The third kappa shape index (κ3) is 2.53. The Hall–Kier alpha value is -0.860. The minimum Gasteiger partial charge on any atom is -0.396 e. The molecule has 2 nitrogen and oxygen atoms in total. The largest absolute Gasteiger partial charge is 0.396 e. The second-order valence-electron chi connectivity index (χ2n) is 5.64. The van der Waals surface area contributed by atoms with Crippen molar-refractivity contribution in [2.45, 2.75) is 33.6 Å². The van der Waals surface area contributed by atoms with Gasteiger partial charge in [0.15, 0.2) is 0 Å². The van der Waals surface area contributed by atoms with Crippen LogP contribution < -0.4 is 5.32 Å². The van der Waals surface area contributed by atoms with E-state index in [1.165, 1.54) is 22.3 Å². The number of aryl methyl sites for hydroxylation is 3. The molecular weight excluding hydrogens is 210 g/mol. The van der Waals surface area contributed by atoms with E-state index in [9.17, 15) is 5.11 Å². The van der Waals surface area contributed by atoms with Crippen LogP contribution in [0.1, 0.15) is 28.7 Å². The summed E-state index contributed by atoms with van der Waals surface area (Å²) < 4.78 is 0. The Balaban J connectivity index is 2.29. The van der Waals surface area contributed by atoms with Crippen molar-refractivity contribution in [2.75, 3.05) is 19.7 Å². The van der Waals surface area contributed by atoms with Crippen LogP contribution in [0.2, 0.25) is 0 Å². The Morgan fingerprint density at radius 2 is 1.88 bits per heavy atom. The van der Waals surface area contributed by atoms with E-state index in [4.69, 9.17) is 0 Å². The summed E-state index contributed by atoms with van der Waals surface area (Å²) in [5.74, 6) is 0. The van der Waals surface area contributed by atoms with Gasteiger partial charge in [-0.1, -0.05) is 17.7 Å². The lowest BCUT2D eigenvalue weighted by atomic mass is 9.79. The number of hydrogen-bond acceptors (Lipinski definition) is 2. The Kier molecular flexibility index (Phi) is 3.55. The smallest absolute Gasteiger partial charge is 0.0503 e. The van der Waals surface area contributed by atoms with Gasteiger partial charge in [0, 0.05) is 12.0 Å². The summed E-state index contributed by atoms with van der Waals surface area (Å²) in [5, 5.41) is 13.0. The average Bonchev–Trinajstić information content (AvgIpc) is 2.73. The second-order valence-corrected chi connectivity index (χ2v) is 5.64. The molecule has 0 bridgehead atoms. The van der Waals surface area contributed by atoms with Crippen molar-refractivity contribution in [1.82, 2.24) is 5.32 Å². The third-order valence-corrected chi connectivity index (χ3v) is 4.06. The lowest BCUT2D eigenvalue weighted by Gasteiger charge is -2.27. The van der Waals surface area contributed by atoms with E-state index in [0.29, 0.717) is 0 Å². The first kappa shape index (κ1) is 12.6. The maximum Gasteiger partial charge on any atom is 0.0503 e. The highest BCUT2D eigenvalue weighted by Crippen LogP contribution is 2.32. The van der Waals surface area contributed by atoms with Crippen LogP contribution in [-0.2, 0) is 6.42 Å². The Bertz CT molecular complexity index is 382. The fourth-order valence-corrected chi connectivity index (χ4v) is 3.00. The van der Waals surface area contributed by atoms with E-state index in [1.54, 1.807) is 0 Å². The zero-order valence-corrected chi connectivity index (χ0v) is 11.1. The Morgan fingerprint density at radius 1 is 1.24 bits per heavy atom. The lowest BCUT2D eigenvalue weighted by molar-refractivity contribution is 0.142. The molecule has 2 heteroatoms. The molecule has 1 unspecified atom stereocenters. The summed E-state index contributed by atoms with van der Waals surface area (Å²) in [7, 11) is 0. The molecule has 1 atom stereocenters. The van der Waals surface area contributed by atoms with Crippen molar-refractivity contribution >= 4 is 0 Å². The van der Waals surface area contributed by atoms with Crippen LogP contribution in [0.5, 0.6) is 0 Å². The summed E-state index contributed by atoms with van der Waals surface area (Å²) in [6.07, 6.45) is 2.07. The predicted molar refractivity (Wildman–Crippen MR) is 71.4 cm³/mol. The van der Waals surface area contributed by atoms with Gasteiger partial charge in [0.2, 0.25) is 0 Å².